The van der Waals surface area contributed by atoms with Crippen LogP contribution in [0.15, 0.2) is 0 Å². The third kappa shape index (κ3) is 4.22. The molecule has 0 amide bonds. The number of ether oxygens (including phenoxy) is 2. The minimum Gasteiger partial charge on any atom is -0.481 e. The standard InChI is InChI=1S/C20H32O6/c1-25-11-26-13-3-5-14-12(10-13)2-4-16-15(14)6-7-18(20(23)24)17(16)8-9-19(21)22/h12-18H,2-11H2,1H3,(H,21,22)(H,23,24)/t12-,13+,14+,15-,16-,17+,18-/m1/s1. The summed E-state index contributed by atoms with van der Waals surface area (Å²) in [7, 11) is 1.65. The van der Waals surface area contributed by atoms with E-state index in [9.17, 15) is 14.7 Å². The van der Waals surface area contributed by atoms with E-state index < -0.39 is 11.9 Å². The van der Waals surface area contributed by atoms with Crippen LogP contribution in [-0.4, -0.2) is 42.2 Å². The molecule has 6 heteroatoms. The summed E-state index contributed by atoms with van der Waals surface area (Å²) < 4.78 is 10.8. The monoisotopic (exact) mass is 368 g/mol. The SMILES string of the molecule is COCO[C@H]1CC[C@H]2[C@H](CC[C@@H]3[C@@H]2CC[C@@H](C(=O)O)[C@H]3CCC(=O)O)C1. The topological polar surface area (TPSA) is 93.1 Å². The lowest BCUT2D eigenvalue weighted by Crippen LogP contribution is -2.48. The van der Waals surface area contributed by atoms with Crippen LogP contribution in [0.3, 0.4) is 0 Å². The van der Waals surface area contributed by atoms with Crippen LogP contribution in [0.2, 0.25) is 0 Å². The molecule has 0 spiro atoms. The molecule has 148 valence electrons. The summed E-state index contributed by atoms with van der Waals surface area (Å²) >= 11 is 0. The first kappa shape index (κ1) is 19.6. The minimum atomic E-state index is -0.819. The van der Waals surface area contributed by atoms with Crippen molar-refractivity contribution in [3.8, 4) is 0 Å². The number of rotatable bonds is 7. The third-order valence-electron chi connectivity index (χ3n) is 7.27. The molecule has 0 saturated heterocycles. The number of carbonyl (C=O) groups is 2. The van der Waals surface area contributed by atoms with E-state index in [2.05, 4.69) is 0 Å². The predicted molar refractivity (Wildman–Crippen MR) is 94.5 cm³/mol. The molecule has 0 unspecified atom stereocenters. The lowest BCUT2D eigenvalue weighted by atomic mass is 9.52. The van der Waals surface area contributed by atoms with Gasteiger partial charge in [-0.15, -0.1) is 0 Å². The van der Waals surface area contributed by atoms with Gasteiger partial charge in [0.1, 0.15) is 6.79 Å². The van der Waals surface area contributed by atoms with E-state index in [1.165, 1.54) is 0 Å². The first-order valence-corrected chi connectivity index (χ1v) is 10.1. The molecule has 26 heavy (non-hydrogen) atoms. The van der Waals surface area contributed by atoms with E-state index in [1.807, 2.05) is 0 Å². The predicted octanol–water partition coefficient (Wildman–Crippen LogP) is 3.39. The van der Waals surface area contributed by atoms with Gasteiger partial charge < -0.3 is 19.7 Å². The van der Waals surface area contributed by atoms with Crippen LogP contribution in [0.25, 0.3) is 0 Å². The molecule has 6 nitrogen and oxygen atoms in total. The van der Waals surface area contributed by atoms with Crippen LogP contribution in [0, 0.1) is 35.5 Å². The molecule has 3 fully saturated rings. The van der Waals surface area contributed by atoms with E-state index in [-0.39, 0.29) is 24.4 Å². The molecule has 3 saturated carbocycles. The number of fused-ring (bicyclic) bond motifs is 3. The smallest absolute Gasteiger partial charge is 0.306 e. The van der Waals surface area contributed by atoms with E-state index in [1.54, 1.807) is 7.11 Å². The Hall–Kier alpha value is -1.14. The second kappa shape index (κ2) is 8.70. The van der Waals surface area contributed by atoms with Gasteiger partial charge in [-0.2, -0.15) is 0 Å². The van der Waals surface area contributed by atoms with Gasteiger partial charge in [0, 0.05) is 13.5 Å². The van der Waals surface area contributed by atoms with Gasteiger partial charge in [-0.25, -0.2) is 0 Å². The molecule has 0 radical (unpaired) electrons. The van der Waals surface area contributed by atoms with Gasteiger partial charge in [-0.05, 0) is 81.0 Å². The van der Waals surface area contributed by atoms with Gasteiger partial charge >= 0.3 is 11.9 Å². The van der Waals surface area contributed by atoms with Crippen LogP contribution in [0.4, 0.5) is 0 Å². The van der Waals surface area contributed by atoms with Crippen LogP contribution in [-0.2, 0) is 19.1 Å². The van der Waals surface area contributed by atoms with E-state index in [4.69, 9.17) is 14.6 Å². The fourth-order valence-corrected chi connectivity index (χ4v) is 6.25. The molecule has 0 aromatic rings. The lowest BCUT2D eigenvalue weighted by molar-refractivity contribution is -0.152. The zero-order valence-corrected chi connectivity index (χ0v) is 15.6. The molecule has 0 bridgehead atoms. The van der Waals surface area contributed by atoms with E-state index in [0.717, 1.165) is 38.5 Å². The van der Waals surface area contributed by atoms with Gasteiger partial charge in [-0.1, -0.05) is 0 Å². The summed E-state index contributed by atoms with van der Waals surface area (Å²) in [6, 6.07) is 0. The van der Waals surface area contributed by atoms with Crippen molar-refractivity contribution in [3.63, 3.8) is 0 Å². The van der Waals surface area contributed by atoms with Crippen LogP contribution >= 0.6 is 0 Å². The summed E-state index contributed by atoms with van der Waals surface area (Å²) in [5.74, 6) is 0.345. The Balaban J connectivity index is 1.67. The Bertz CT molecular complexity index is 507. The van der Waals surface area contributed by atoms with Crippen molar-refractivity contribution in [1.82, 2.24) is 0 Å². The van der Waals surface area contributed by atoms with Gasteiger partial charge in [-0.3, -0.25) is 9.59 Å². The zero-order chi connectivity index (χ0) is 18.7. The number of carboxylic acids is 2. The lowest BCUT2D eigenvalue weighted by Gasteiger charge is -2.53. The molecule has 0 heterocycles. The maximum Gasteiger partial charge on any atom is 0.306 e. The van der Waals surface area contributed by atoms with Gasteiger partial charge in [0.05, 0.1) is 12.0 Å². The molecule has 3 rings (SSSR count). The summed E-state index contributed by atoms with van der Waals surface area (Å²) in [5.41, 5.74) is 0. The van der Waals surface area contributed by atoms with E-state index in [0.29, 0.717) is 43.3 Å². The molecular formula is C20H32O6. The maximum absolute atomic E-state index is 11.7. The maximum atomic E-state index is 11.7. The average molecular weight is 368 g/mol. The van der Waals surface area contributed by atoms with Crippen molar-refractivity contribution in [3.05, 3.63) is 0 Å². The second-order valence-electron chi connectivity index (χ2n) is 8.46. The molecule has 2 N–H and O–H groups in total. The van der Waals surface area contributed by atoms with Crippen LogP contribution in [0.1, 0.15) is 57.8 Å². The fourth-order valence-electron chi connectivity index (χ4n) is 6.25. The summed E-state index contributed by atoms with van der Waals surface area (Å²) in [6.45, 7) is 0.353. The summed E-state index contributed by atoms with van der Waals surface area (Å²) in [4.78, 5) is 22.8. The van der Waals surface area contributed by atoms with Crippen molar-refractivity contribution < 1.29 is 29.3 Å². The van der Waals surface area contributed by atoms with E-state index >= 15 is 0 Å². The Labute approximate surface area is 155 Å². The highest BCUT2D eigenvalue weighted by Crippen LogP contribution is 2.55. The Kier molecular flexibility index (Phi) is 6.56. The fraction of sp³-hybridized carbons (Fsp3) is 0.900. The largest absolute Gasteiger partial charge is 0.481 e. The molecule has 0 aromatic heterocycles. The molecule has 0 aromatic carbocycles. The van der Waals surface area contributed by atoms with Crippen molar-refractivity contribution in [2.24, 2.45) is 35.5 Å². The molecule has 0 aliphatic heterocycles. The highest BCUT2D eigenvalue weighted by molar-refractivity contribution is 5.71. The normalized spacial score (nSPS) is 39.7. The molecular weight excluding hydrogens is 336 g/mol. The van der Waals surface area contributed by atoms with Gasteiger partial charge in [0.25, 0.3) is 0 Å². The summed E-state index contributed by atoms with van der Waals surface area (Å²) in [6.07, 6.45) is 7.99. The quantitative estimate of drug-likeness (QED) is 0.669. The Morgan fingerprint density at radius 1 is 0.962 bits per heavy atom. The first-order valence-electron chi connectivity index (χ1n) is 10.1. The zero-order valence-electron chi connectivity index (χ0n) is 15.6. The van der Waals surface area contributed by atoms with Gasteiger partial charge in [0.15, 0.2) is 0 Å². The number of methoxy groups -OCH3 is 1. The van der Waals surface area contributed by atoms with Crippen molar-refractivity contribution in [2.75, 3.05) is 13.9 Å². The minimum absolute atomic E-state index is 0.0192. The highest BCUT2D eigenvalue weighted by Gasteiger charge is 2.50. The van der Waals surface area contributed by atoms with Crippen molar-refractivity contribution in [2.45, 2.75) is 63.9 Å². The number of aliphatic carboxylic acids is 2. The highest BCUT2D eigenvalue weighted by atomic mass is 16.7. The first-order chi connectivity index (χ1) is 12.5. The third-order valence-corrected chi connectivity index (χ3v) is 7.27. The number of hydrogen-bond donors (Lipinski definition) is 2. The van der Waals surface area contributed by atoms with Crippen LogP contribution < -0.4 is 0 Å². The average Bonchev–Trinajstić information content (AvgIpc) is 2.63. The van der Waals surface area contributed by atoms with Crippen molar-refractivity contribution >= 4 is 11.9 Å². The van der Waals surface area contributed by atoms with Crippen molar-refractivity contribution in [1.29, 1.82) is 0 Å². The van der Waals surface area contributed by atoms with Crippen LogP contribution in [0.5, 0.6) is 0 Å². The number of carboxylic acid groups (broad SMARTS) is 2. The molecule has 3 aliphatic carbocycles. The second-order valence-corrected chi connectivity index (χ2v) is 8.46. The molecule has 3 aliphatic rings. The summed E-state index contributed by atoms with van der Waals surface area (Å²) in [5, 5.41) is 18.7. The Morgan fingerprint density at radius 3 is 2.38 bits per heavy atom. The van der Waals surface area contributed by atoms with Gasteiger partial charge in [0.2, 0.25) is 0 Å². The number of hydrogen-bond acceptors (Lipinski definition) is 4. The Morgan fingerprint density at radius 2 is 1.69 bits per heavy atom. The molecule has 7 atom stereocenters.